The topological polar surface area (TPSA) is 0 Å². The van der Waals surface area contributed by atoms with Crippen LogP contribution in [0.5, 0.6) is 0 Å². The lowest BCUT2D eigenvalue weighted by atomic mass is 9.86. The second-order valence-corrected chi connectivity index (χ2v) is 7.80. The van der Waals surface area contributed by atoms with E-state index in [4.69, 9.17) is 0 Å². The van der Waals surface area contributed by atoms with Crippen LogP contribution >= 0.6 is 0 Å². The van der Waals surface area contributed by atoms with Crippen molar-refractivity contribution < 1.29 is 0 Å². The number of unbranched alkanes of at least 4 members (excludes halogenated alkanes) is 3. The van der Waals surface area contributed by atoms with Gasteiger partial charge in [-0.15, -0.1) is 0 Å². The molecular formula is C21H42. The summed E-state index contributed by atoms with van der Waals surface area (Å²) in [5, 5.41) is 0. The van der Waals surface area contributed by atoms with Gasteiger partial charge < -0.3 is 0 Å². The molecule has 0 aromatic heterocycles. The molecule has 0 bridgehead atoms. The van der Waals surface area contributed by atoms with Crippen LogP contribution in [0.3, 0.4) is 0 Å². The molecule has 0 heterocycles. The van der Waals surface area contributed by atoms with Gasteiger partial charge in [-0.1, -0.05) is 123 Å². The summed E-state index contributed by atoms with van der Waals surface area (Å²) in [7, 11) is 0. The lowest BCUT2D eigenvalue weighted by Crippen LogP contribution is -2.05. The van der Waals surface area contributed by atoms with Gasteiger partial charge in [0.05, 0.1) is 0 Å². The van der Waals surface area contributed by atoms with Crippen LogP contribution in [0.2, 0.25) is 0 Å². The Hall–Kier alpha value is 0. The van der Waals surface area contributed by atoms with Crippen molar-refractivity contribution in [3.05, 3.63) is 0 Å². The van der Waals surface area contributed by atoms with Gasteiger partial charge in [0.2, 0.25) is 0 Å². The van der Waals surface area contributed by atoms with E-state index in [2.05, 4.69) is 13.8 Å². The van der Waals surface area contributed by atoms with Crippen LogP contribution in [0.25, 0.3) is 0 Å². The van der Waals surface area contributed by atoms with E-state index in [1.54, 1.807) is 0 Å². The smallest absolute Gasteiger partial charge is 0.0414 e. The Balaban J connectivity index is 2.28. The van der Waals surface area contributed by atoms with Gasteiger partial charge in [-0.25, -0.2) is 0 Å². The Morgan fingerprint density at radius 2 is 1.24 bits per heavy atom. The van der Waals surface area contributed by atoms with Gasteiger partial charge in [0.15, 0.2) is 0 Å². The van der Waals surface area contributed by atoms with E-state index >= 15 is 0 Å². The second-order valence-electron chi connectivity index (χ2n) is 7.80. The lowest BCUT2D eigenvalue weighted by Gasteiger charge is -2.20. The molecule has 0 spiro atoms. The van der Waals surface area contributed by atoms with Crippen LogP contribution in [-0.2, 0) is 0 Å². The van der Waals surface area contributed by atoms with E-state index in [-0.39, 0.29) is 0 Å². The number of hydrogen-bond donors (Lipinski definition) is 0. The minimum Gasteiger partial charge on any atom is -0.0654 e. The molecule has 1 fully saturated rings. The fraction of sp³-hybridized carbons (Fsp3) is 1.00. The molecule has 2 unspecified atom stereocenters. The van der Waals surface area contributed by atoms with E-state index in [1.807, 2.05) is 0 Å². The van der Waals surface area contributed by atoms with Gasteiger partial charge in [0.25, 0.3) is 0 Å². The summed E-state index contributed by atoms with van der Waals surface area (Å²) in [5.74, 6) is 2.03. The minimum atomic E-state index is 0.978. The molecule has 1 aliphatic carbocycles. The number of rotatable bonds is 5. The van der Waals surface area contributed by atoms with Gasteiger partial charge in [-0.05, 0) is 11.8 Å². The highest BCUT2D eigenvalue weighted by Gasteiger charge is 2.11. The SMILES string of the molecule is CCCCCCC1CCCCCCCCCCC(C)CC1. The third kappa shape index (κ3) is 11.2. The highest BCUT2D eigenvalue weighted by Crippen LogP contribution is 2.27. The van der Waals surface area contributed by atoms with Gasteiger partial charge in [-0.3, -0.25) is 0 Å². The predicted molar refractivity (Wildman–Crippen MR) is 96.8 cm³/mol. The Morgan fingerprint density at radius 3 is 1.90 bits per heavy atom. The summed E-state index contributed by atoms with van der Waals surface area (Å²) in [5.41, 5.74) is 0. The molecule has 0 saturated heterocycles. The largest absolute Gasteiger partial charge is 0.0654 e. The molecule has 2 atom stereocenters. The van der Waals surface area contributed by atoms with E-state index in [9.17, 15) is 0 Å². The molecule has 126 valence electrons. The van der Waals surface area contributed by atoms with Crippen molar-refractivity contribution in [3.63, 3.8) is 0 Å². The van der Waals surface area contributed by atoms with Crippen molar-refractivity contribution in [2.24, 2.45) is 11.8 Å². The molecule has 0 heteroatoms. The molecule has 0 aromatic carbocycles. The van der Waals surface area contributed by atoms with Gasteiger partial charge in [0, 0.05) is 0 Å². The highest BCUT2D eigenvalue weighted by molar-refractivity contribution is 4.65. The predicted octanol–water partition coefficient (Wildman–Crippen LogP) is 7.90. The average molecular weight is 295 g/mol. The van der Waals surface area contributed by atoms with Crippen LogP contribution in [0.4, 0.5) is 0 Å². The Morgan fingerprint density at radius 1 is 0.619 bits per heavy atom. The molecular weight excluding hydrogens is 252 g/mol. The van der Waals surface area contributed by atoms with Crippen LogP contribution in [0.15, 0.2) is 0 Å². The van der Waals surface area contributed by atoms with Crippen molar-refractivity contribution >= 4 is 0 Å². The molecule has 21 heavy (non-hydrogen) atoms. The molecule has 0 aromatic rings. The molecule has 0 N–H and O–H groups in total. The first kappa shape index (κ1) is 19.0. The van der Waals surface area contributed by atoms with Crippen molar-refractivity contribution in [1.29, 1.82) is 0 Å². The summed E-state index contributed by atoms with van der Waals surface area (Å²) in [4.78, 5) is 0. The molecule has 1 saturated carbocycles. The van der Waals surface area contributed by atoms with E-state index in [0.717, 1.165) is 11.8 Å². The minimum absolute atomic E-state index is 0.978. The van der Waals surface area contributed by atoms with Gasteiger partial charge >= 0.3 is 0 Å². The standard InChI is InChI=1S/C21H42/c1-3-4-5-13-16-21-17-14-11-9-7-6-8-10-12-15-20(2)18-19-21/h20-21H,3-19H2,1-2H3. The van der Waals surface area contributed by atoms with Crippen LogP contribution in [0, 0.1) is 11.8 Å². The maximum Gasteiger partial charge on any atom is -0.0414 e. The second kappa shape index (κ2) is 13.6. The molecule has 0 nitrogen and oxygen atoms in total. The monoisotopic (exact) mass is 294 g/mol. The Bertz CT molecular complexity index is 208. The summed E-state index contributed by atoms with van der Waals surface area (Å²) < 4.78 is 0. The first-order chi connectivity index (χ1) is 10.3. The van der Waals surface area contributed by atoms with Crippen LogP contribution in [-0.4, -0.2) is 0 Å². The summed E-state index contributed by atoms with van der Waals surface area (Å²) in [6.07, 6.45) is 25.3. The highest BCUT2D eigenvalue weighted by atomic mass is 14.2. The fourth-order valence-corrected chi connectivity index (χ4v) is 3.94. The third-order valence-electron chi connectivity index (χ3n) is 5.59. The van der Waals surface area contributed by atoms with Gasteiger partial charge in [0.1, 0.15) is 0 Å². The zero-order valence-corrected chi connectivity index (χ0v) is 15.2. The third-order valence-corrected chi connectivity index (χ3v) is 5.59. The maximum absolute atomic E-state index is 2.50. The first-order valence-corrected chi connectivity index (χ1v) is 10.3. The van der Waals surface area contributed by atoms with Gasteiger partial charge in [-0.2, -0.15) is 0 Å². The zero-order valence-electron chi connectivity index (χ0n) is 15.2. The first-order valence-electron chi connectivity index (χ1n) is 10.3. The maximum atomic E-state index is 2.50. The molecule has 0 amide bonds. The molecule has 1 aliphatic rings. The summed E-state index contributed by atoms with van der Waals surface area (Å²) in [6, 6.07) is 0. The van der Waals surface area contributed by atoms with Crippen LogP contribution < -0.4 is 0 Å². The Labute approximate surface area is 135 Å². The van der Waals surface area contributed by atoms with E-state index < -0.39 is 0 Å². The number of hydrogen-bond acceptors (Lipinski definition) is 0. The fourth-order valence-electron chi connectivity index (χ4n) is 3.94. The van der Waals surface area contributed by atoms with E-state index in [1.165, 1.54) is 109 Å². The van der Waals surface area contributed by atoms with Crippen molar-refractivity contribution in [3.8, 4) is 0 Å². The average Bonchev–Trinajstić information content (AvgIpc) is 2.49. The lowest BCUT2D eigenvalue weighted by molar-refractivity contribution is 0.332. The summed E-state index contributed by atoms with van der Waals surface area (Å²) >= 11 is 0. The molecule has 0 aliphatic heterocycles. The molecule has 1 rings (SSSR count). The van der Waals surface area contributed by atoms with E-state index in [0.29, 0.717) is 0 Å². The van der Waals surface area contributed by atoms with Crippen LogP contribution in [0.1, 0.15) is 123 Å². The zero-order chi connectivity index (χ0) is 15.2. The Kier molecular flexibility index (Phi) is 12.4. The summed E-state index contributed by atoms with van der Waals surface area (Å²) in [6.45, 7) is 4.82. The van der Waals surface area contributed by atoms with Crippen molar-refractivity contribution in [1.82, 2.24) is 0 Å². The van der Waals surface area contributed by atoms with Crippen molar-refractivity contribution in [2.45, 2.75) is 123 Å². The molecule has 0 radical (unpaired) electrons. The van der Waals surface area contributed by atoms with Crippen molar-refractivity contribution in [2.75, 3.05) is 0 Å². The quantitative estimate of drug-likeness (QED) is 0.452. The normalized spacial score (nSPS) is 27.1.